The molecule has 2 aromatic rings. The van der Waals surface area contributed by atoms with Gasteiger partial charge in [-0.1, -0.05) is 66.7 Å². The second-order valence-electron chi connectivity index (χ2n) is 3.88. The van der Waals surface area contributed by atoms with Gasteiger partial charge in [0.05, 0.1) is 0 Å². The van der Waals surface area contributed by atoms with Gasteiger partial charge in [-0.3, -0.25) is 0 Å². The van der Waals surface area contributed by atoms with E-state index in [0.717, 1.165) is 0 Å². The summed E-state index contributed by atoms with van der Waals surface area (Å²) < 4.78 is 5.40. The molecule has 2 heteroatoms. The van der Waals surface area contributed by atoms with Gasteiger partial charge in [0.15, 0.2) is 9.76 Å². The number of hydrogen-bond acceptors (Lipinski definition) is 1. The van der Waals surface area contributed by atoms with Gasteiger partial charge in [-0.15, -0.1) is 0 Å². The first-order chi connectivity index (χ1) is 8.40. The van der Waals surface area contributed by atoms with Gasteiger partial charge < -0.3 is 4.43 Å². The molecule has 0 radical (unpaired) electrons. The quantitative estimate of drug-likeness (QED) is 0.590. The van der Waals surface area contributed by atoms with E-state index in [4.69, 9.17) is 4.43 Å². The van der Waals surface area contributed by atoms with Crippen molar-refractivity contribution in [2.75, 3.05) is 7.11 Å². The molecule has 0 aromatic heterocycles. The van der Waals surface area contributed by atoms with Crippen LogP contribution in [0.15, 0.2) is 60.7 Å². The molecular formula is C15H16OSi. The zero-order chi connectivity index (χ0) is 11.9. The molecule has 0 unspecified atom stereocenters. The number of benzene rings is 2. The first-order valence-corrected chi connectivity index (χ1v) is 6.98. The fraction of sp³-hybridized carbons (Fsp3) is 0.0667. The Kier molecular flexibility index (Phi) is 4.30. The smallest absolute Gasteiger partial charge is 0.192 e. The molecule has 0 aliphatic rings. The van der Waals surface area contributed by atoms with Crippen molar-refractivity contribution in [2.45, 2.75) is 0 Å². The minimum Gasteiger partial charge on any atom is -0.422 e. The summed E-state index contributed by atoms with van der Waals surface area (Å²) in [5.41, 5.74) is 2.50. The highest BCUT2D eigenvalue weighted by Gasteiger charge is 2.01. The van der Waals surface area contributed by atoms with Crippen molar-refractivity contribution in [1.82, 2.24) is 0 Å². The van der Waals surface area contributed by atoms with Crippen LogP contribution in [0, 0.1) is 0 Å². The summed E-state index contributed by atoms with van der Waals surface area (Å²) in [7, 11) is 1.14. The largest absolute Gasteiger partial charge is 0.422 e. The van der Waals surface area contributed by atoms with Gasteiger partial charge in [0.25, 0.3) is 0 Å². The molecule has 17 heavy (non-hydrogen) atoms. The molecule has 2 rings (SSSR count). The van der Waals surface area contributed by atoms with Crippen molar-refractivity contribution in [1.29, 1.82) is 0 Å². The van der Waals surface area contributed by atoms with E-state index < -0.39 is 9.76 Å². The van der Waals surface area contributed by atoms with E-state index in [1.54, 1.807) is 7.11 Å². The molecule has 86 valence electrons. The van der Waals surface area contributed by atoms with Crippen LogP contribution in [0.1, 0.15) is 11.1 Å². The van der Waals surface area contributed by atoms with E-state index in [1.165, 1.54) is 16.3 Å². The van der Waals surface area contributed by atoms with E-state index in [0.29, 0.717) is 0 Å². The molecule has 0 spiro atoms. The Hall–Kier alpha value is -1.64. The SMILES string of the molecule is CO[SiH2]C(=Cc1ccccc1)c1ccccc1. The minimum atomic E-state index is -0.645. The fourth-order valence-corrected chi connectivity index (χ4v) is 2.80. The average molecular weight is 240 g/mol. The van der Waals surface area contributed by atoms with Gasteiger partial charge in [-0.05, 0) is 16.3 Å². The van der Waals surface area contributed by atoms with Crippen LogP contribution in [0.5, 0.6) is 0 Å². The first-order valence-electron chi connectivity index (χ1n) is 5.70. The fourth-order valence-electron chi connectivity index (χ4n) is 1.77. The normalized spacial score (nSPS) is 12.2. The summed E-state index contributed by atoms with van der Waals surface area (Å²) >= 11 is 0. The topological polar surface area (TPSA) is 9.23 Å². The molecule has 0 amide bonds. The molecule has 2 aromatic carbocycles. The summed E-state index contributed by atoms with van der Waals surface area (Å²) in [5, 5.41) is 1.33. The lowest BCUT2D eigenvalue weighted by Crippen LogP contribution is -1.98. The zero-order valence-corrected chi connectivity index (χ0v) is 11.4. The molecule has 0 aliphatic heterocycles. The molecule has 1 nitrogen and oxygen atoms in total. The van der Waals surface area contributed by atoms with Crippen molar-refractivity contribution in [3.8, 4) is 0 Å². The van der Waals surface area contributed by atoms with Crippen LogP contribution in [0.25, 0.3) is 11.3 Å². The Bertz CT molecular complexity index is 477. The lowest BCUT2D eigenvalue weighted by molar-refractivity contribution is 0.451. The predicted octanol–water partition coefficient (Wildman–Crippen LogP) is 2.91. The molecule has 0 bridgehead atoms. The Labute approximate surface area is 105 Å². The van der Waals surface area contributed by atoms with Crippen LogP contribution in [-0.4, -0.2) is 16.9 Å². The summed E-state index contributed by atoms with van der Waals surface area (Å²) in [5.74, 6) is 0. The Morgan fingerprint density at radius 3 is 2.12 bits per heavy atom. The van der Waals surface area contributed by atoms with E-state index in [-0.39, 0.29) is 0 Å². The molecule has 0 saturated heterocycles. The van der Waals surface area contributed by atoms with Crippen LogP contribution >= 0.6 is 0 Å². The third kappa shape index (κ3) is 3.41. The highest BCUT2D eigenvalue weighted by Crippen LogP contribution is 2.16. The first kappa shape index (κ1) is 11.8. The van der Waals surface area contributed by atoms with Crippen LogP contribution in [-0.2, 0) is 4.43 Å². The van der Waals surface area contributed by atoms with Gasteiger partial charge in [-0.25, -0.2) is 0 Å². The van der Waals surface area contributed by atoms with E-state index >= 15 is 0 Å². The van der Waals surface area contributed by atoms with E-state index in [2.05, 4.69) is 54.6 Å². The predicted molar refractivity (Wildman–Crippen MR) is 76.3 cm³/mol. The molecular weight excluding hydrogens is 224 g/mol. The maximum Gasteiger partial charge on any atom is 0.192 e. The highest BCUT2D eigenvalue weighted by molar-refractivity contribution is 6.57. The van der Waals surface area contributed by atoms with Gasteiger partial charge in [0, 0.05) is 7.11 Å². The monoisotopic (exact) mass is 240 g/mol. The highest BCUT2D eigenvalue weighted by atomic mass is 28.2. The molecule has 0 atom stereocenters. The van der Waals surface area contributed by atoms with Gasteiger partial charge in [-0.2, -0.15) is 0 Å². The second kappa shape index (κ2) is 6.18. The second-order valence-corrected chi connectivity index (χ2v) is 5.51. The lowest BCUT2D eigenvalue weighted by atomic mass is 10.1. The molecule has 0 saturated carbocycles. The average Bonchev–Trinajstić information content (AvgIpc) is 2.40. The maximum absolute atomic E-state index is 5.40. The van der Waals surface area contributed by atoms with Crippen molar-refractivity contribution >= 4 is 21.0 Å². The van der Waals surface area contributed by atoms with Crippen LogP contribution in [0.4, 0.5) is 0 Å². The Morgan fingerprint density at radius 1 is 0.941 bits per heavy atom. The van der Waals surface area contributed by atoms with Gasteiger partial charge in [0.1, 0.15) is 0 Å². The number of rotatable bonds is 4. The summed E-state index contributed by atoms with van der Waals surface area (Å²) in [6.07, 6.45) is 2.23. The zero-order valence-electron chi connectivity index (χ0n) is 9.97. The molecule has 0 fully saturated rings. The maximum atomic E-state index is 5.40. The summed E-state index contributed by atoms with van der Waals surface area (Å²) in [4.78, 5) is 0. The van der Waals surface area contributed by atoms with Crippen LogP contribution < -0.4 is 0 Å². The summed E-state index contributed by atoms with van der Waals surface area (Å²) in [6, 6.07) is 20.8. The lowest BCUT2D eigenvalue weighted by Gasteiger charge is -2.06. The standard InChI is InChI=1S/C15H16OSi/c1-16-17-15(14-10-6-3-7-11-14)12-13-8-4-2-5-9-13/h2-12H,17H2,1H3. The van der Waals surface area contributed by atoms with Crippen molar-refractivity contribution in [3.05, 3.63) is 71.8 Å². The number of hydrogen-bond donors (Lipinski definition) is 0. The van der Waals surface area contributed by atoms with E-state index in [9.17, 15) is 0 Å². The van der Waals surface area contributed by atoms with Crippen molar-refractivity contribution < 1.29 is 4.43 Å². The van der Waals surface area contributed by atoms with Crippen LogP contribution in [0.2, 0.25) is 0 Å². The minimum absolute atomic E-state index is 0.645. The third-order valence-corrected chi connectivity index (χ3v) is 3.80. The van der Waals surface area contributed by atoms with Crippen molar-refractivity contribution in [2.24, 2.45) is 0 Å². The molecule has 0 N–H and O–H groups in total. The Balaban J connectivity index is 2.33. The third-order valence-electron chi connectivity index (χ3n) is 2.58. The molecule has 0 heterocycles. The van der Waals surface area contributed by atoms with Crippen molar-refractivity contribution in [3.63, 3.8) is 0 Å². The van der Waals surface area contributed by atoms with Gasteiger partial charge in [0.2, 0.25) is 0 Å². The molecule has 0 aliphatic carbocycles. The van der Waals surface area contributed by atoms with Crippen LogP contribution in [0.3, 0.4) is 0 Å². The summed E-state index contributed by atoms with van der Waals surface area (Å²) in [6.45, 7) is 0. The van der Waals surface area contributed by atoms with E-state index in [1.807, 2.05) is 12.1 Å². The Morgan fingerprint density at radius 2 is 1.53 bits per heavy atom. The van der Waals surface area contributed by atoms with Gasteiger partial charge >= 0.3 is 0 Å².